The lowest BCUT2D eigenvalue weighted by molar-refractivity contribution is 0.464. The first-order valence-electron chi connectivity index (χ1n) is 7.48. The zero-order chi connectivity index (χ0) is 13.5. The molecule has 1 rings (SSSR count). The highest BCUT2D eigenvalue weighted by molar-refractivity contribution is 5.49. The summed E-state index contributed by atoms with van der Waals surface area (Å²) in [6, 6.07) is 2.02. The van der Waals surface area contributed by atoms with Gasteiger partial charge >= 0.3 is 0 Å². The van der Waals surface area contributed by atoms with Gasteiger partial charge in [-0.3, -0.25) is 0 Å². The van der Waals surface area contributed by atoms with Crippen LogP contribution in [0.1, 0.15) is 68.7 Å². The van der Waals surface area contributed by atoms with Gasteiger partial charge in [-0.15, -0.1) is 0 Å². The first-order valence-corrected chi connectivity index (χ1v) is 7.48. The Bertz CT molecular complexity index is 380. The topological polar surface area (TPSA) is 20.2 Å². The summed E-state index contributed by atoms with van der Waals surface area (Å²) < 4.78 is 0. The highest BCUT2D eigenvalue weighted by atomic mass is 16.3. The molecule has 1 aromatic rings. The van der Waals surface area contributed by atoms with Crippen LogP contribution < -0.4 is 0 Å². The van der Waals surface area contributed by atoms with Gasteiger partial charge in [-0.2, -0.15) is 0 Å². The molecule has 0 saturated carbocycles. The lowest BCUT2D eigenvalue weighted by atomic mass is 9.89. The summed E-state index contributed by atoms with van der Waals surface area (Å²) >= 11 is 0. The average molecular weight is 248 g/mol. The minimum atomic E-state index is 0.518. The van der Waals surface area contributed by atoms with Crippen molar-refractivity contribution in [3.63, 3.8) is 0 Å². The molecule has 0 unspecified atom stereocenters. The van der Waals surface area contributed by atoms with Crippen molar-refractivity contribution in [2.75, 3.05) is 0 Å². The monoisotopic (exact) mass is 248 g/mol. The van der Waals surface area contributed by atoms with Crippen LogP contribution in [-0.4, -0.2) is 5.11 Å². The molecule has 0 aromatic heterocycles. The Balaban J connectivity index is 3.17. The van der Waals surface area contributed by atoms with Crippen LogP contribution in [0.15, 0.2) is 6.07 Å². The molecule has 0 saturated heterocycles. The van der Waals surface area contributed by atoms with Crippen LogP contribution in [0, 0.1) is 6.92 Å². The first-order chi connectivity index (χ1) is 8.65. The van der Waals surface area contributed by atoms with E-state index >= 15 is 0 Å². The van der Waals surface area contributed by atoms with E-state index in [0.717, 1.165) is 32.1 Å². The third-order valence-electron chi connectivity index (χ3n) is 3.71. The Kier molecular flexibility index (Phi) is 6.24. The zero-order valence-electron chi connectivity index (χ0n) is 12.5. The molecule has 0 spiro atoms. The second kappa shape index (κ2) is 7.45. The van der Waals surface area contributed by atoms with Crippen molar-refractivity contribution >= 4 is 0 Å². The van der Waals surface area contributed by atoms with Gasteiger partial charge in [-0.25, -0.2) is 0 Å². The molecule has 1 nitrogen and oxygen atoms in total. The molecule has 0 heterocycles. The quantitative estimate of drug-likeness (QED) is 0.724. The summed E-state index contributed by atoms with van der Waals surface area (Å²) in [5.74, 6) is 0.518. The van der Waals surface area contributed by atoms with Gasteiger partial charge in [-0.05, 0) is 60.9 Å². The maximum absolute atomic E-state index is 10.2. The molecule has 0 bridgehead atoms. The highest BCUT2D eigenvalue weighted by Gasteiger charge is 2.13. The Hall–Kier alpha value is -0.980. The van der Waals surface area contributed by atoms with Crippen molar-refractivity contribution < 1.29 is 5.11 Å². The lowest BCUT2D eigenvalue weighted by Gasteiger charge is -2.17. The molecule has 18 heavy (non-hydrogen) atoms. The Morgan fingerprint density at radius 1 is 0.889 bits per heavy atom. The highest BCUT2D eigenvalue weighted by Crippen LogP contribution is 2.30. The Morgan fingerprint density at radius 2 is 1.56 bits per heavy atom. The molecule has 1 N–H and O–H groups in total. The summed E-state index contributed by atoms with van der Waals surface area (Å²) in [5.41, 5.74) is 5.37. The van der Waals surface area contributed by atoms with Crippen LogP contribution >= 0.6 is 0 Å². The molecule has 102 valence electrons. The van der Waals surface area contributed by atoms with Crippen molar-refractivity contribution in [1.29, 1.82) is 0 Å². The molecule has 0 radical (unpaired) electrons. The second-order valence-corrected chi connectivity index (χ2v) is 5.24. The van der Waals surface area contributed by atoms with Gasteiger partial charge in [0.2, 0.25) is 0 Å². The van der Waals surface area contributed by atoms with E-state index in [2.05, 4.69) is 27.7 Å². The molecule has 0 aliphatic rings. The van der Waals surface area contributed by atoms with Gasteiger partial charge in [-0.1, -0.05) is 40.0 Å². The average Bonchev–Trinajstić information content (AvgIpc) is 2.34. The summed E-state index contributed by atoms with van der Waals surface area (Å²) in [6.07, 6.45) is 7.89. The number of unbranched alkanes of at least 4 members (excludes halogenated alkanes) is 1. The molecular formula is C17H28O. The molecule has 0 atom stereocenters. The number of phenols is 1. The fraction of sp³-hybridized carbons (Fsp3) is 0.647. The number of rotatable bonds is 7. The predicted molar refractivity (Wildman–Crippen MR) is 79.4 cm³/mol. The number of aryl methyl sites for hydroxylation is 1. The Morgan fingerprint density at radius 3 is 2.11 bits per heavy atom. The first kappa shape index (κ1) is 15.1. The smallest absolute Gasteiger partial charge is 0.119 e. The van der Waals surface area contributed by atoms with Crippen LogP contribution in [-0.2, 0) is 19.3 Å². The summed E-state index contributed by atoms with van der Waals surface area (Å²) in [5, 5.41) is 10.2. The van der Waals surface area contributed by atoms with E-state index in [1.807, 2.05) is 6.07 Å². The maximum atomic E-state index is 10.2. The van der Waals surface area contributed by atoms with Gasteiger partial charge in [0.1, 0.15) is 5.75 Å². The molecule has 0 fully saturated rings. The number of phenolic OH excluding ortho intramolecular Hbond substituents is 1. The van der Waals surface area contributed by atoms with E-state index in [1.165, 1.54) is 35.1 Å². The van der Waals surface area contributed by atoms with E-state index in [-0.39, 0.29) is 0 Å². The molecule has 0 amide bonds. The predicted octanol–water partition coefficient (Wildman–Crippen LogP) is 4.95. The van der Waals surface area contributed by atoms with Gasteiger partial charge in [0, 0.05) is 0 Å². The largest absolute Gasteiger partial charge is 0.508 e. The van der Waals surface area contributed by atoms with E-state index in [0.29, 0.717) is 5.75 Å². The third-order valence-corrected chi connectivity index (χ3v) is 3.71. The number of hydrogen-bond donors (Lipinski definition) is 1. The summed E-state index contributed by atoms with van der Waals surface area (Å²) in [7, 11) is 0. The molecular weight excluding hydrogens is 220 g/mol. The van der Waals surface area contributed by atoms with Crippen molar-refractivity contribution in [1.82, 2.24) is 0 Å². The van der Waals surface area contributed by atoms with Crippen LogP contribution in [0.5, 0.6) is 5.75 Å². The van der Waals surface area contributed by atoms with Crippen molar-refractivity contribution in [3.8, 4) is 5.75 Å². The van der Waals surface area contributed by atoms with Crippen LogP contribution in [0.3, 0.4) is 0 Å². The van der Waals surface area contributed by atoms with Crippen molar-refractivity contribution in [2.45, 2.75) is 72.6 Å². The van der Waals surface area contributed by atoms with Crippen LogP contribution in [0.2, 0.25) is 0 Å². The molecule has 1 heteroatoms. The molecule has 0 aliphatic carbocycles. The van der Waals surface area contributed by atoms with Gasteiger partial charge in [0.25, 0.3) is 0 Å². The van der Waals surface area contributed by atoms with Crippen molar-refractivity contribution in [2.24, 2.45) is 0 Å². The SMILES string of the molecule is CCCCc1c(O)cc(CCC)c(CCC)c1C. The van der Waals surface area contributed by atoms with Crippen LogP contribution in [0.25, 0.3) is 0 Å². The number of hydrogen-bond acceptors (Lipinski definition) is 1. The van der Waals surface area contributed by atoms with Gasteiger partial charge in [0.05, 0.1) is 0 Å². The van der Waals surface area contributed by atoms with Gasteiger partial charge < -0.3 is 5.11 Å². The molecule has 0 aliphatic heterocycles. The fourth-order valence-electron chi connectivity index (χ4n) is 2.71. The zero-order valence-corrected chi connectivity index (χ0v) is 12.5. The lowest BCUT2D eigenvalue weighted by Crippen LogP contribution is -2.02. The van der Waals surface area contributed by atoms with E-state index in [1.54, 1.807) is 0 Å². The maximum Gasteiger partial charge on any atom is 0.119 e. The minimum absolute atomic E-state index is 0.518. The second-order valence-electron chi connectivity index (χ2n) is 5.24. The minimum Gasteiger partial charge on any atom is -0.508 e. The summed E-state index contributed by atoms with van der Waals surface area (Å²) in [6.45, 7) is 8.82. The van der Waals surface area contributed by atoms with E-state index in [4.69, 9.17) is 0 Å². The fourth-order valence-corrected chi connectivity index (χ4v) is 2.71. The number of benzene rings is 1. The van der Waals surface area contributed by atoms with E-state index in [9.17, 15) is 5.11 Å². The van der Waals surface area contributed by atoms with E-state index < -0.39 is 0 Å². The van der Waals surface area contributed by atoms with Crippen LogP contribution in [0.4, 0.5) is 0 Å². The van der Waals surface area contributed by atoms with Crippen molar-refractivity contribution in [3.05, 3.63) is 28.3 Å². The summed E-state index contributed by atoms with van der Waals surface area (Å²) in [4.78, 5) is 0. The third kappa shape index (κ3) is 3.51. The normalized spacial score (nSPS) is 10.9. The molecule has 1 aromatic carbocycles. The Labute approximate surface area is 112 Å². The standard InChI is InChI=1S/C17H28O/c1-5-8-11-16-13(4)15(10-7-3)14(9-6-2)12-17(16)18/h12,18H,5-11H2,1-4H3. The van der Waals surface area contributed by atoms with Gasteiger partial charge in [0.15, 0.2) is 0 Å². The number of aromatic hydroxyl groups is 1.